The molecule has 1 aromatic rings. The van der Waals surface area contributed by atoms with E-state index in [1.807, 2.05) is 20.8 Å². The van der Waals surface area contributed by atoms with Crippen LogP contribution in [0.25, 0.3) is 0 Å². The summed E-state index contributed by atoms with van der Waals surface area (Å²) in [4.78, 5) is 32.0. The molecule has 126 valence electrons. The lowest BCUT2D eigenvalue weighted by Crippen LogP contribution is -2.48. The number of carbonyl (C=O) groups is 2. The van der Waals surface area contributed by atoms with Crippen LogP contribution < -0.4 is 4.90 Å². The Balaban J connectivity index is 2.11. The van der Waals surface area contributed by atoms with E-state index >= 15 is 0 Å². The molecule has 1 aliphatic rings. The highest BCUT2D eigenvalue weighted by molar-refractivity contribution is 6.29. The van der Waals surface area contributed by atoms with Gasteiger partial charge in [-0.25, -0.2) is 9.78 Å². The molecule has 1 fully saturated rings. The molecule has 6 nitrogen and oxygen atoms in total. The van der Waals surface area contributed by atoms with Gasteiger partial charge in [0, 0.05) is 13.6 Å². The van der Waals surface area contributed by atoms with Crippen molar-refractivity contribution in [2.45, 2.75) is 45.3 Å². The lowest BCUT2D eigenvalue weighted by atomic mass is 10.2. The highest BCUT2D eigenvalue weighted by Crippen LogP contribution is 2.24. The predicted molar refractivity (Wildman–Crippen MR) is 88.6 cm³/mol. The van der Waals surface area contributed by atoms with Crippen molar-refractivity contribution in [2.75, 3.05) is 18.5 Å². The second-order valence-electron chi connectivity index (χ2n) is 6.57. The molecule has 2 heterocycles. The summed E-state index contributed by atoms with van der Waals surface area (Å²) < 4.78 is 5.39. The lowest BCUT2D eigenvalue weighted by molar-refractivity contribution is -0.122. The van der Waals surface area contributed by atoms with Gasteiger partial charge in [-0.3, -0.25) is 9.69 Å². The number of hydrogen-bond donors (Lipinski definition) is 0. The minimum Gasteiger partial charge on any atom is -0.444 e. The minimum absolute atomic E-state index is 0.155. The number of anilines is 1. The Morgan fingerprint density at radius 2 is 2.09 bits per heavy atom. The average molecular weight is 340 g/mol. The predicted octanol–water partition coefficient (Wildman–Crippen LogP) is 3.10. The highest BCUT2D eigenvalue weighted by atomic mass is 35.5. The molecule has 2 amide bonds. The first-order valence-electron chi connectivity index (χ1n) is 7.58. The van der Waals surface area contributed by atoms with E-state index in [-0.39, 0.29) is 5.91 Å². The Morgan fingerprint density at radius 1 is 1.39 bits per heavy atom. The molecule has 0 aromatic carbocycles. The molecule has 0 radical (unpaired) electrons. The van der Waals surface area contributed by atoms with Crippen LogP contribution in [0.3, 0.4) is 0 Å². The van der Waals surface area contributed by atoms with Crippen molar-refractivity contribution in [3.63, 3.8) is 0 Å². The molecule has 7 heteroatoms. The second-order valence-corrected chi connectivity index (χ2v) is 6.96. The maximum Gasteiger partial charge on any atom is 0.410 e. The maximum absolute atomic E-state index is 12.7. The standard InChI is InChI=1S/C16H22ClN3O3/c1-16(2,3)23-15(22)20-9-5-6-12(20)14(21)19(4)11-7-8-13(17)18-10-11/h7-8,10,12H,5-6,9H2,1-4H3/t12-/m0/s1. The fourth-order valence-electron chi connectivity index (χ4n) is 2.48. The van der Waals surface area contributed by atoms with Gasteiger partial charge >= 0.3 is 6.09 Å². The van der Waals surface area contributed by atoms with Gasteiger partial charge in [0.15, 0.2) is 0 Å². The molecule has 0 bridgehead atoms. The Bertz CT molecular complexity index is 583. The van der Waals surface area contributed by atoms with E-state index in [1.165, 1.54) is 16.0 Å². The van der Waals surface area contributed by atoms with Crippen LogP contribution in [0.4, 0.5) is 10.5 Å². The number of likely N-dealkylation sites (tertiary alicyclic amines) is 1. The maximum atomic E-state index is 12.7. The molecule has 0 saturated carbocycles. The van der Waals surface area contributed by atoms with Crippen LogP contribution in [0.1, 0.15) is 33.6 Å². The molecule has 0 N–H and O–H groups in total. The van der Waals surface area contributed by atoms with Crippen LogP contribution in [0.15, 0.2) is 18.3 Å². The molecule has 1 saturated heterocycles. The zero-order chi connectivity index (χ0) is 17.2. The van der Waals surface area contributed by atoms with Crippen molar-refractivity contribution in [3.8, 4) is 0 Å². The molecule has 1 atom stereocenters. The third-order valence-electron chi connectivity index (χ3n) is 3.60. The Kier molecular flexibility index (Phi) is 5.14. The van der Waals surface area contributed by atoms with Gasteiger partial charge in [0.1, 0.15) is 16.8 Å². The van der Waals surface area contributed by atoms with Crippen LogP contribution in [-0.2, 0) is 9.53 Å². The van der Waals surface area contributed by atoms with Crippen LogP contribution in [0, 0.1) is 0 Å². The number of ether oxygens (including phenoxy) is 1. The molecular formula is C16H22ClN3O3. The number of amides is 2. The number of aromatic nitrogens is 1. The Morgan fingerprint density at radius 3 is 2.65 bits per heavy atom. The van der Waals surface area contributed by atoms with Crippen molar-refractivity contribution in [1.29, 1.82) is 0 Å². The van der Waals surface area contributed by atoms with Crippen LogP contribution in [0.2, 0.25) is 5.15 Å². The van der Waals surface area contributed by atoms with Gasteiger partial charge in [-0.05, 0) is 45.7 Å². The summed E-state index contributed by atoms with van der Waals surface area (Å²) in [5.74, 6) is -0.155. The van der Waals surface area contributed by atoms with E-state index in [2.05, 4.69) is 4.98 Å². The van der Waals surface area contributed by atoms with Gasteiger partial charge in [-0.2, -0.15) is 0 Å². The molecular weight excluding hydrogens is 318 g/mol. The van der Waals surface area contributed by atoms with E-state index in [1.54, 1.807) is 19.2 Å². The summed E-state index contributed by atoms with van der Waals surface area (Å²) in [6.07, 6.45) is 2.50. The van der Waals surface area contributed by atoms with Gasteiger partial charge in [-0.1, -0.05) is 11.6 Å². The van der Waals surface area contributed by atoms with Gasteiger partial charge in [-0.15, -0.1) is 0 Å². The van der Waals surface area contributed by atoms with Crippen molar-refractivity contribution in [3.05, 3.63) is 23.5 Å². The fraction of sp³-hybridized carbons (Fsp3) is 0.562. The average Bonchev–Trinajstić information content (AvgIpc) is 2.94. The minimum atomic E-state index is -0.584. The zero-order valence-corrected chi connectivity index (χ0v) is 14.6. The van der Waals surface area contributed by atoms with Crippen LogP contribution in [-0.4, -0.2) is 47.1 Å². The number of nitrogens with zero attached hydrogens (tertiary/aromatic N) is 3. The van der Waals surface area contributed by atoms with Crippen molar-refractivity contribution >= 4 is 29.3 Å². The van der Waals surface area contributed by atoms with E-state index in [0.717, 1.165) is 6.42 Å². The summed E-state index contributed by atoms with van der Waals surface area (Å²) in [6.45, 7) is 5.95. The van der Waals surface area contributed by atoms with Gasteiger partial charge in [0.05, 0.1) is 11.9 Å². The lowest BCUT2D eigenvalue weighted by Gasteiger charge is -2.30. The summed E-state index contributed by atoms with van der Waals surface area (Å²) in [5.41, 5.74) is 0.0506. The fourth-order valence-corrected chi connectivity index (χ4v) is 2.59. The number of hydrogen-bond acceptors (Lipinski definition) is 4. The molecule has 2 rings (SSSR count). The smallest absolute Gasteiger partial charge is 0.410 e. The highest BCUT2D eigenvalue weighted by Gasteiger charge is 2.38. The van der Waals surface area contributed by atoms with Crippen molar-refractivity contribution in [1.82, 2.24) is 9.88 Å². The topological polar surface area (TPSA) is 62.7 Å². The summed E-state index contributed by atoms with van der Waals surface area (Å²) in [5, 5.41) is 0.367. The van der Waals surface area contributed by atoms with E-state index in [9.17, 15) is 9.59 Å². The summed E-state index contributed by atoms with van der Waals surface area (Å²) in [7, 11) is 1.67. The number of carbonyl (C=O) groups excluding carboxylic acids is 2. The molecule has 0 unspecified atom stereocenters. The molecule has 23 heavy (non-hydrogen) atoms. The number of rotatable bonds is 2. The van der Waals surface area contributed by atoms with E-state index in [4.69, 9.17) is 16.3 Å². The van der Waals surface area contributed by atoms with Crippen molar-refractivity contribution in [2.24, 2.45) is 0 Å². The SMILES string of the molecule is CN(C(=O)[C@@H]1CCCN1C(=O)OC(C)(C)C)c1ccc(Cl)nc1. The first-order valence-corrected chi connectivity index (χ1v) is 7.95. The second kappa shape index (κ2) is 6.74. The van der Waals surface area contributed by atoms with Gasteiger partial charge in [0.2, 0.25) is 5.91 Å². The van der Waals surface area contributed by atoms with Gasteiger partial charge in [0.25, 0.3) is 0 Å². The largest absolute Gasteiger partial charge is 0.444 e. The first-order chi connectivity index (χ1) is 10.7. The van der Waals surface area contributed by atoms with E-state index < -0.39 is 17.7 Å². The van der Waals surface area contributed by atoms with Crippen molar-refractivity contribution < 1.29 is 14.3 Å². The first kappa shape index (κ1) is 17.5. The number of halogens is 1. The van der Waals surface area contributed by atoms with Crippen LogP contribution in [0.5, 0.6) is 0 Å². The van der Waals surface area contributed by atoms with Gasteiger partial charge < -0.3 is 9.64 Å². The third-order valence-corrected chi connectivity index (χ3v) is 3.82. The number of pyridine rings is 1. The molecule has 0 aliphatic carbocycles. The quantitative estimate of drug-likeness (QED) is 0.777. The number of likely N-dealkylation sites (N-methyl/N-ethyl adjacent to an activating group) is 1. The summed E-state index contributed by atoms with van der Waals surface area (Å²) >= 11 is 5.77. The summed E-state index contributed by atoms with van der Waals surface area (Å²) in [6, 6.07) is 2.84. The Labute approximate surface area is 141 Å². The van der Waals surface area contributed by atoms with Crippen LogP contribution >= 0.6 is 11.6 Å². The Hall–Kier alpha value is -1.82. The molecule has 1 aromatic heterocycles. The normalized spacial score (nSPS) is 18.0. The zero-order valence-electron chi connectivity index (χ0n) is 13.9. The third kappa shape index (κ3) is 4.34. The van der Waals surface area contributed by atoms with E-state index in [0.29, 0.717) is 23.8 Å². The monoisotopic (exact) mass is 339 g/mol. The molecule has 1 aliphatic heterocycles. The molecule has 0 spiro atoms.